The lowest BCUT2D eigenvalue weighted by atomic mass is 10.2. The average molecular weight is 410 g/mol. The van der Waals surface area contributed by atoms with Crippen LogP contribution in [0.4, 0.5) is 0 Å². The predicted octanol–water partition coefficient (Wildman–Crippen LogP) is 5.43. The van der Waals surface area contributed by atoms with E-state index in [9.17, 15) is 0 Å². The van der Waals surface area contributed by atoms with Crippen LogP contribution in [0.5, 0.6) is 5.75 Å². The van der Waals surface area contributed by atoms with Crippen LogP contribution in [0.1, 0.15) is 18.9 Å². The Morgan fingerprint density at radius 2 is 1.81 bits per heavy atom. The maximum Gasteiger partial charge on any atom is 0.267 e. The van der Waals surface area contributed by atoms with Crippen molar-refractivity contribution in [2.75, 3.05) is 0 Å². The number of aromatic nitrogens is 3. The van der Waals surface area contributed by atoms with Crippen molar-refractivity contribution in [3.8, 4) is 22.8 Å². The molecule has 0 unspecified atom stereocenters. The minimum absolute atomic E-state index is 0.343. The van der Waals surface area contributed by atoms with E-state index >= 15 is 0 Å². The van der Waals surface area contributed by atoms with E-state index in [1.165, 1.54) is 0 Å². The summed E-state index contributed by atoms with van der Waals surface area (Å²) < 4.78 is 14.2. The Balaban J connectivity index is 1.50. The number of rotatable bonds is 5. The Morgan fingerprint density at radius 3 is 2.54 bits per heavy atom. The Labute approximate surface area is 159 Å². The van der Waals surface area contributed by atoms with E-state index in [1.54, 1.807) is 0 Å². The van der Waals surface area contributed by atoms with Crippen LogP contribution in [-0.4, -0.2) is 14.7 Å². The molecule has 0 amide bonds. The van der Waals surface area contributed by atoms with E-state index in [-0.39, 0.29) is 6.10 Å². The van der Waals surface area contributed by atoms with Crippen molar-refractivity contribution < 1.29 is 9.26 Å². The summed E-state index contributed by atoms with van der Waals surface area (Å²) in [6.07, 6.45) is 3.66. The highest BCUT2D eigenvalue weighted by molar-refractivity contribution is 9.10. The molecule has 130 valence electrons. The third-order valence-electron chi connectivity index (χ3n) is 3.93. The smallest absolute Gasteiger partial charge is 0.267 e. The minimum Gasteiger partial charge on any atom is -0.481 e. The molecule has 0 aliphatic rings. The third kappa shape index (κ3) is 3.55. The fraction of sp³-hybridized carbons (Fsp3) is 0.100. The molecule has 0 bridgehead atoms. The zero-order chi connectivity index (χ0) is 17.9. The summed E-state index contributed by atoms with van der Waals surface area (Å²) in [5, 5.41) is 4.08. The first-order valence-corrected chi connectivity index (χ1v) is 8.98. The highest BCUT2D eigenvalue weighted by Gasteiger charge is 2.17. The van der Waals surface area contributed by atoms with Gasteiger partial charge in [0.05, 0.1) is 0 Å². The zero-order valence-electron chi connectivity index (χ0n) is 14.0. The Morgan fingerprint density at radius 1 is 1.04 bits per heavy atom. The van der Waals surface area contributed by atoms with Gasteiger partial charge in [-0.25, -0.2) is 0 Å². The molecule has 1 atom stereocenters. The van der Waals surface area contributed by atoms with Gasteiger partial charge >= 0.3 is 0 Å². The molecule has 0 N–H and O–H groups in total. The summed E-state index contributed by atoms with van der Waals surface area (Å²) in [6, 6.07) is 19.6. The fourth-order valence-corrected chi connectivity index (χ4v) is 2.98. The molecule has 4 rings (SSSR count). The van der Waals surface area contributed by atoms with Crippen molar-refractivity contribution in [1.82, 2.24) is 14.7 Å². The normalized spacial score (nSPS) is 12.1. The molecule has 4 aromatic rings. The van der Waals surface area contributed by atoms with E-state index in [4.69, 9.17) is 9.26 Å². The molecule has 0 aliphatic heterocycles. The lowest BCUT2D eigenvalue weighted by molar-refractivity contribution is 0.175. The van der Waals surface area contributed by atoms with Crippen LogP contribution in [0.15, 0.2) is 82.1 Å². The Kier molecular flexibility index (Phi) is 4.58. The van der Waals surface area contributed by atoms with E-state index in [1.807, 2.05) is 84.5 Å². The first-order valence-electron chi connectivity index (χ1n) is 8.19. The summed E-state index contributed by atoms with van der Waals surface area (Å²) in [4.78, 5) is 4.47. The van der Waals surface area contributed by atoms with Crippen molar-refractivity contribution in [2.45, 2.75) is 13.0 Å². The molecular formula is C20H16BrN3O2. The lowest BCUT2D eigenvalue weighted by Crippen LogP contribution is -2.03. The largest absolute Gasteiger partial charge is 0.481 e. The van der Waals surface area contributed by atoms with Crippen molar-refractivity contribution in [3.05, 3.63) is 83.4 Å². The van der Waals surface area contributed by atoms with Crippen LogP contribution in [-0.2, 0) is 0 Å². The van der Waals surface area contributed by atoms with Gasteiger partial charge in [0.15, 0.2) is 6.10 Å². The Bertz CT molecular complexity index is 994. The van der Waals surface area contributed by atoms with Crippen molar-refractivity contribution in [3.63, 3.8) is 0 Å². The van der Waals surface area contributed by atoms with Gasteiger partial charge in [-0.1, -0.05) is 27.2 Å². The van der Waals surface area contributed by atoms with Crippen molar-refractivity contribution in [1.29, 1.82) is 0 Å². The highest BCUT2D eigenvalue weighted by atomic mass is 79.9. The van der Waals surface area contributed by atoms with E-state index in [0.717, 1.165) is 21.5 Å². The molecule has 0 saturated heterocycles. The van der Waals surface area contributed by atoms with Crippen molar-refractivity contribution in [2.24, 2.45) is 0 Å². The predicted molar refractivity (Wildman–Crippen MR) is 102 cm³/mol. The number of hydrogen-bond acceptors (Lipinski definition) is 4. The summed E-state index contributed by atoms with van der Waals surface area (Å²) in [5.74, 6) is 1.72. The maximum absolute atomic E-state index is 5.87. The maximum atomic E-state index is 5.87. The van der Waals surface area contributed by atoms with E-state index in [0.29, 0.717) is 11.7 Å². The number of ether oxygens (including phenoxy) is 1. The monoisotopic (exact) mass is 409 g/mol. The van der Waals surface area contributed by atoms with Crippen molar-refractivity contribution >= 4 is 15.9 Å². The summed E-state index contributed by atoms with van der Waals surface area (Å²) in [7, 11) is 0. The quantitative estimate of drug-likeness (QED) is 0.440. The highest BCUT2D eigenvalue weighted by Crippen LogP contribution is 2.25. The first kappa shape index (κ1) is 16.6. The fourth-order valence-electron chi connectivity index (χ4n) is 2.60. The average Bonchev–Trinajstić information content (AvgIpc) is 3.34. The molecule has 0 fully saturated rings. The van der Waals surface area contributed by atoms with Crippen LogP contribution >= 0.6 is 15.9 Å². The molecule has 5 nitrogen and oxygen atoms in total. The van der Waals surface area contributed by atoms with Crippen LogP contribution in [0, 0.1) is 0 Å². The molecule has 6 heteroatoms. The van der Waals surface area contributed by atoms with Gasteiger partial charge < -0.3 is 13.8 Å². The van der Waals surface area contributed by atoms with Crippen LogP contribution in [0.25, 0.3) is 17.1 Å². The van der Waals surface area contributed by atoms with Gasteiger partial charge in [-0.05, 0) is 61.5 Å². The van der Waals surface area contributed by atoms with Gasteiger partial charge in [0.25, 0.3) is 5.89 Å². The number of nitrogens with zero attached hydrogens (tertiary/aromatic N) is 3. The molecule has 2 heterocycles. The second kappa shape index (κ2) is 7.17. The Hall–Kier alpha value is -2.86. The van der Waals surface area contributed by atoms with Gasteiger partial charge in [0.1, 0.15) is 5.75 Å². The standard InChI is InChI=1S/C20H16BrN3O2/c1-14(25-18-6-4-5-16(21)13-18)20-22-19(23-26-20)15-7-9-17(10-8-15)24-11-2-3-12-24/h2-14H,1H3/t14-/m0/s1. The topological polar surface area (TPSA) is 53.1 Å². The zero-order valence-corrected chi connectivity index (χ0v) is 15.6. The number of benzene rings is 2. The van der Waals surface area contributed by atoms with E-state index < -0.39 is 0 Å². The van der Waals surface area contributed by atoms with Gasteiger partial charge in [-0.2, -0.15) is 4.98 Å². The molecule has 0 saturated carbocycles. The number of hydrogen-bond donors (Lipinski definition) is 0. The summed E-state index contributed by atoms with van der Waals surface area (Å²) >= 11 is 3.43. The minimum atomic E-state index is -0.343. The van der Waals surface area contributed by atoms with Crippen LogP contribution < -0.4 is 4.74 Å². The molecule has 26 heavy (non-hydrogen) atoms. The van der Waals surface area contributed by atoms with Crippen LogP contribution in [0.3, 0.4) is 0 Å². The van der Waals surface area contributed by atoms with Gasteiger partial charge in [0, 0.05) is 28.1 Å². The molecule has 0 radical (unpaired) electrons. The molecule has 0 spiro atoms. The van der Waals surface area contributed by atoms with Gasteiger partial charge in [0.2, 0.25) is 5.82 Å². The van der Waals surface area contributed by atoms with Crippen LogP contribution in [0.2, 0.25) is 0 Å². The summed E-state index contributed by atoms with van der Waals surface area (Å²) in [6.45, 7) is 1.88. The van der Waals surface area contributed by atoms with Gasteiger partial charge in [-0.15, -0.1) is 0 Å². The van der Waals surface area contributed by atoms with Gasteiger partial charge in [-0.3, -0.25) is 0 Å². The second-order valence-electron chi connectivity index (χ2n) is 5.81. The molecular weight excluding hydrogens is 394 g/mol. The molecule has 2 aromatic carbocycles. The second-order valence-corrected chi connectivity index (χ2v) is 6.73. The molecule has 0 aliphatic carbocycles. The number of halogens is 1. The lowest BCUT2D eigenvalue weighted by Gasteiger charge is -2.10. The SMILES string of the molecule is C[C@H](Oc1cccc(Br)c1)c1nc(-c2ccc(-n3cccc3)cc2)no1. The first-order chi connectivity index (χ1) is 12.7. The van der Waals surface area contributed by atoms with E-state index in [2.05, 4.69) is 26.1 Å². The third-order valence-corrected chi connectivity index (χ3v) is 4.42. The summed E-state index contributed by atoms with van der Waals surface area (Å²) in [5.41, 5.74) is 1.97. The molecule has 2 aromatic heterocycles.